The molecule has 12 heteroatoms. The summed E-state index contributed by atoms with van der Waals surface area (Å²) in [6.07, 6.45) is 1.42. The first kappa shape index (κ1) is 32.4. The van der Waals surface area contributed by atoms with E-state index in [9.17, 15) is 14.9 Å². The highest BCUT2D eigenvalue weighted by molar-refractivity contribution is 6.34. The number of rotatable bonds is 11. The average molecular weight is 653 g/mol. The highest BCUT2D eigenvalue weighted by Gasteiger charge is 2.23. The number of fused-ring (bicyclic) bond motifs is 1. The van der Waals surface area contributed by atoms with E-state index in [0.717, 1.165) is 0 Å². The van der Waals surface area contributed by atoms with Gasteiger partial charge in [0, 0.05) is 21.5 Å². The fourth-order valence-electron chi connectivity index (χ4n) is 4.96. The summed E-state index contributed by atoms with van der Waals surface area (Å²) in [5.41, 5.74) is 5.52. The number of ether oxygens (including phenoxy) is 5. The van der Waals surface area contributed by atoms with Gasteiger partial charge in [0.15, 0.2) is 23.0 Å². The number of hydrogen-bond acceptors (Lipinski definition) is 9. The maximum atomic E-state index is 13.4. The molecule has 4 aromatic carbocycles. The first-order valence-electron chi connectivity index (χ1n) is 14.3. The monoisotopic (exact) mass is 652 g/mol. The van der Waals surface area contributed by atoms with Crippen molar-refractivity contribution in [3.05, 3.63) is 100 Å². The van der Waals surface area contributed by atoms with E-state index in [2.05, 4.69) is 21.6 Å². The Labute approximate surface area is 275 Å². The van der Waals surface area contributed by atoms with Crippen LogP contribution in [0, 0.1) is 11.3 Å². The lowest BCUT2D eigenvalue weighted by Crippen LogP contribution is -2.19. The standard InChI is InChI=1S/C35H29ClN4O7/c1-5-46-27-15-20(13-14-26(27)47-35(42)22-16-28(43-2)33(45-4)29(17-22)44-3)19-38-40-34(41)32-30(23-10-6-7-12-25(23)36)24-11-8-9-21(18-37)31(24)39-32/h6-17,19,39H,5H2,1-4H3,(H,40,41). The molecule has 238 valence electrons. The Morgan fingerprint density at radius 3 is 2.34 bits per heavy atom. The number of methoxy groups -OCH3 is 3. The summed E-state index contributed by atoms with van der Waals surface area (Å²) in [6.45, 7) is 2.09. The first-order valence-corrected chi connectivity index (χ1v) is 14.6. The van der Waals surface area contributed by atoms with Crippen molar-refractivity contribution in [2.45, 2.75) is 6.92 Å². The number of hydrogen-bond donors (Lipinski definition) is 2. The predicted octanol–water partition coefficient (Wildman–Crippen LogP) is 6.77. The number of para-hydroxylation sites is 1. The minimum Gasteiger partial charge on any atom is -0.493 e. The van der Waals surface area contributed by atoms with Gasteiger partial charge in [0.05, 0.1) is 50.8 Å². The number of nitrogens with one attached hydrogen (secondary N) is 2. The Balaban J connectivity index is 1.39. The maximum absolute atomic E-state index is 13.4. The third-order valence-electron chi connectivity index (χ3n) is 7.07. The number of hydrazone groups is 1. The zero-order valence-electron chi connectivity index (χ0n) is 25.8. The van der Waals surface area contributed by atoms with Crippen LogP contribution < -0.4 is 29.1 Å². The molecule has 0 fully saturated rings. The van der Waals surface area contributed by atoms with Gasteiger partial charge in [0.2, 0.25) is 5.75 Å². The number of amides is 1. The molecule has 11 nitrogen and oxygen atoms in total. The van der Waals surface area contributed by atoms with Gasteiger partial charge in [-0.05, 0) is 55.0 Å². The van der Waals surface area contributed by atoms with Gasteiger partial charge in [-0.3, -0.25) is 4.79 Å². The van der Waals surface area contributed by atoms with E-state index in [-0.39, 0.29) is 22.8 Å². The maximum Gasteiger partial charge on any atom is 0.343 e. The molecule has 0 aliphatic rings. The summed E-state index contributed by atoms with van der Waals surface area (Å²) in [4.78, 5) is 29.6. The van der Waals surface area contributed by atoms with Crippen LogP contribution in [0.15, 0.2) is 77.9 Å². The van der Waals surface area contributed by atoms with Gasteiger partial charge in [-0.25, -0.2) is 10.2 Å². The van der Waals surface area contributed by atoms with Gasteiger partial charge >= 0.3 is 5.97 Å². The van der Waals surface area contributed by atoms with E-state index in [1.165, 1.54) is 39.7 Å². The van der Waals surface area contributed by atoms with E-state index in [1.807, 2.05) is 12.1 Å². The number of aromatic nitrogens is 1. The number of carbonyl (C=O) groups excluding carboxylic acids is 2. The Morgan fingerprint density at radius 2 is 1.68 bits per heavy atom. The molecule has 5 aromatic rings. The Bertz CT molecular complexity index is 2020. The smallest absolute Gasteiger partial charge is 0.343 e. The molecule has 2 N–H and O–H groups in total. The van der Waals surface area contributed by atoms with Crippen LogP contribution in [0.2, 0.25) is 5.02 Å². The van der Waals surface area contributed by atoms with Crippen molar-refractivity contribution in [3.8, 4) is 45.9 Å². The SMILES string of the molecule is CCOc1cc(C=NNC(=O)c2[nH]c3c(C#N)cccc3c2-c2ccccc2Cl)ccc1OC(=O)c1cc(OC)c(OC)c(OC)c1. The number of nitrogens with zero attached hydrogens (tertiary/aromatic N) is 2. The van der Waals surface area contributed by atoms with E-state index in [4.69, 9.17) is 35.3 Å². The molecule has 0 atom stereocenters. The summed E-state index contributed by atoms with van der Waals surface area (Å²) in [6, 6.07) is 22.3. The van der Waals surface area contributed by atoms with Crippen LogP contribution in [-0.2, 0) is 0 Å². The van der Waals surface area contributed by atoms with Crippen LogP contribution in [-0.4, -0.2) is 51.0 Å². The second-order valence-electron chi connectivity index (χ2n) is 9.84. The molecule has 0 aliphatic heterocycles. The van der Waals surface area contributed by atoms with Crippen LogP contribution in [0.1, 0.15) is 38.9 Å². The van der Waals surface area contributed by atoms with Crippen molar-refractivity contribution in [3.63, 3.8) is 0 Å². The summed E-state index contributed by atoms with van der Waals surface area (Å²) < 4.78 is 27.4. The Kier molecular flexibility index (Phi) is 9.93. The van der Waals surface area contributed by atoms with Crippen molar-refractivity contribution in [1.82, 2.24) is 10.4 Å². The normalized spacial score (nSPS) is 10.8. The van der Waals surface area contributed by atoms with Crippen LogP contribution >= 0.6 is 11.6 Å². The molecule has 0 unspecified atom stereocenters. The average Bonchev–Trinajstić information content (AvgIpc) is 3.48. The fraction of sp³-hybridized carbons (Fsp3) is 0.143. The number of H-pyrrole nitrogens is 1. The number of esters is 1. The molecular formula is C35H29ClN4O7. The predicted molar refractivity (Wildman–Crippen MR) is 177 cm³/mol. The lowest BCUT2D eigenvalue weighted by Gasteiger charge is -2.15. The Hall–Kier alpha value is -5.99. The lowest BCUT2D eigenvalue weighted by molar-refractivity contribution is 0.0727. The number of carbonyl (C=O) groups is 2. The fourth-order valence-corrected chi connectivity index (χ4v) is 5.19. The minimum atomic E-state index is -0.675. The summed E-state index contributed by atoms with van der Waals surface area (Å²) in [5, 5.41) is 14.9. The van der Waals surface area contributed by atoms with Gasteiger partial charge < -0.3 is 28.7 Å². The lowest BCUT2D eigenvalue weighted by atomic mass is 10.0. The van der Waals surface area contributed by atoms with Crippen molar-refractivity contribution in [1.29, 1.82) is 5.26 Å². The second-order valence-corrected chi connectivity index (χ2v) is 10.2. The van der Waals surface area contributed by atoms with Crippen molar-refractivity contribution in [2.75, 3.05) is 27.9 Å². The largest absolute Gasteiger partial charge is 0.493 e. The molecule has 47 heavy (non-hydrogen) atoms. The zero-order chi connectivity index (χ0) is 33.5. The van der Waals surface area contributed by atoms with Gasteiger partial charge in [-0.1, -0.05) is 41.9 Å². The summed E-state index contributed by atoms with van der Waals surface area (Å²) >= 11 is 6.51. The molecule has 1 heterocycles. The third kappa shape index (κ3) is 6.68. The molecule has 0 aliphatic carbocycles. The van der Waals surface area contributed by atoms with E-state index in [0.29, 0.717) is 62.0 Å². The van der Waals surface area contributed by atoms with Crippen molar-refractivity contribution in [2.24, 2.45) is 5.10 Å². The molecule has 0 saturated carbocycles. The highest BCUT2D eigenvalue weighted by atomic mass is 35.5. The van der Waals surface area contributed by atoms with Gasteiger partial charge in [0.25, 0.3) is 5.91 Å². The molecule has 0 saturated heterocycles. The van der Waals surface area contributed by atoms with Gasteiger partial charge in [0.1, 0.15) is 11.8 Å². The van der Waals surface area contributed by atoms with Crippen molar-refractivity contribution < 1.29 is 33.3 Å². The number of benzene rings is 4. The van der Waals surface area contributed by atoms with Gasteiger partial charge in [-0.2, -0.15) is 10.4 Å². The van der Waals surface area contributed by atoms with Crippen LogP contribution in [0.3, 0.4) is 0 Å². The number of halogens is 1. The Morgan fingerprint density at radius 1 is 0.936 bits per heavy atom. The molecule has 0 spiro atoms. The molecule has 1 aromatic heterocycles. The molecular weight excluding hydrogens is 624 g/mol. The summed E-state index contributed by atoms with van der Waals surface area (Å²) in [7, 11) is 4.37. The first-order chi connectivity index (χ1) is 22.8. The van der Waals surface area contributed by atoms with Crippen molar-refractivity contribution >= 4 is 40.6 Å². The van der Waals surface area contributed by atoms with Crippen LogP contribution in [0.25, 0.3) is 22.0 Å². The van der Waals surface area contributed by atoms with Crippen LogP contribution in [0.4, 0.5) is 0 Å². The zero-order valence-corrected chi connectivity index (χ0v) is 26.6. The van der Waals surface area contributed by atoms with E-state index < -0.39 is 11.9 Å². The van der Waals surface area contributed by atoms with Gasteiger partial charge in [-0.15, -0.1) is 0 Å². The van der Waals surface area contributed by atoms with Crippen LogP contribution in [0.5, 0.6) is 28.7 Å². The quantitative estimate of drug-likeness (QED) is 0.0689. The van der Waals surface area contributed by atoms with E-state index in [1.54, 1.807) is 55.5 Å². The number of aromatic amines is 1. The molecule has 5 rings (SSSR count). The van der Waals surface area contributed by atoms with E-state index >= 15 is 0 Å². The third-order valence-corrected chi connectivity index (χ3v) is 7.40. The molecule has 0 bridgehead atoms. The molecule has 0 radical (unpaired) electrons. The highest BCUT2D eigenvalue weighted by Crippen LogP contribution is 2.39. The number of nitriles is 1. The topological polar surface area (TPSA) is 144 Å². The summed E-state index contributed by atoms with van der Waals surface area (Å²) in [5.74, 6) is 0.174. The molecule has 1 amide bonds. The minimum absolute atomic E-state index is 0.169. The second kappa shape index (κ2) is 14.4.